The minimum Gasteiger partial charge on any atom is -0.379 e. The molecule has 0 saturated carbocycles. The van der Waals surface area contributed by atoms with Crippen LogP contribution in [0.5, 0.6) is 0 Å². The fourth-order valence-electron chi connectivity index (χ4n) is 1.77. The van der Waals surface area contributed by atoms with E-state index < -0.39 is 0 Å². The largest absolute Gasteiger partial charge is 0.379 e. The monoisotopic (exact) mass is 277 g/mol. The van der Waals surface area contributed by atoms with Crippen molar-refractivity contribution in [3.8, 4) is 0 Å². The summed E-state index contributed by atoms with van der Waals surface area (Å²) in [6, 6.07) is 0. The lowest BCUT2D eigenvalue weighted by Gasteiger charge is -2.26. The Morgan fingerprint density at radius 1 is 1.06 bits per heavy atom. The van der Waals surface area contributed by atoms with Crippen LogP contribution in [0.1, 0.15) is 33.6 Å². The van der Waals surface area contributed by atoms with E-state index in [0.29, 0.717) is 5.41 Å². The van der Waals surface area contributed by atoms with Gasteiger partial charge in [0.05, 0.1) is 13.2 Å². The molecule has 0 radical (unpaired) electrons. The lowest BCUT2D eigenvalue weighted by molar-refractivity contribution is 0.0410. The van der Waals surface area contributed by atoms with Crippen LogP contribution in [0, 0.1) is 5.41 Å². The van der Waals surface area contributed by atoms with E-state index in [-0.39, 0.29) is 0 Å². The number of ether oxygens (including phenoxy) is 1. The average Bonchev–Trinajstić information content (AvgIpc) is 2.28. The summed E-state index contributed by atoms with van der Waals surface area (Å²) < 4.78 is 5.34. The third-order valence-electron chi connectivity index (χ3n) is 2.83. The number of rotatable bonds is 7. The van der Waals surface area contributed by atoms with Gasteiger partial charge in [-0.3, -0.25) is 4.90 Å². The van der Waals surface area contributed by atoms with Crippen molar-refractivity contribution in [1.29, 1.82) is 0 Å². The minimum atomic E-state index is 0.499. The average molecular weight is 277 g/mol. The highest BCUT2D eigenvalue weighted by Crippen LogP contribution is 2.26. The molecule has 4 heteroatoms. The van der Waals surface area contributed by atoms with Gasteiger partial charge in [0, 0.05) is 31.1 Å². The molecule has 0 spiro atoms. The van der Waals surface area contributed by atoms with Gasteiger partial charge in [-0.2, -0.15) is 0 Å². The fraction of sp³-hybridized carbons (Fsp3) is 1.00. The molecule has 0 atom stereocenters. The summed E-state index contributed by atoms with van der Waals surface area (Å²) in [5.74, 6) is 2.55. The number of nitrogens with zero attached hydrogens (tertiary/aromatic N) is 1. The van der Waals surface area contributed by atoms with Crippen LogP contribution < -0.4 is 0 Å². The van der Waals surface area contributed by atoms with E-state index in [9.17, 15) is 0 Å². The van der Waals surface area contributed by atoms with Crippen molar-refractivity contribution in [1.82, 2.24) is 4.90 Å². The zero-order valence-corrected chi connectivity index (χ0v) is 13.2. The van der Waals surface area contributed by atoms with E-state index in [1.807, 2.05) is 21.6 Å². The van der Waals surface area contributed by atoms with E-state index in [1.165, 1.54) is 30.9 Å². The molecule has 0 aromatic carbocycles. The third kappa shape index (κ3) is 9.23. The molecular weight excluding hydrogens is 250 g/mol. The molecule has 1 fully saturated rings. The van der Waals surface area contributed by atoms with Crippen molar-refractivity contribution in [2.24, 2.45) is 5.41 Å². The Kier molecular flexibility index (Phi) is 8.00. The van der Waals surface area contributed by atoms with Gasteiger partial charge in [0.1, 0.15) is 0 Å². The Morgan fingerprint density at radius 3 is 2.35 bits per heavy atom. The molecule has 0 unspecified atom stereocenters. The smallest absolute Gasteiger partial charge is 0.0594 e. The summed E-state index contributed by atoms with van der Waals surface area (Å²) in [5.41, 5.74) is 0.499. The Hall–Kier alpha value is 0.620. The first-order chi connectivity index (χ1) is 8.08. The molecule has 17 heavy (non-hydrogen) atoms. The summed E-state index contributed by atoms with van der Waals surface area (Å²) in [6.07, 6.45) is 2.68. The molecule has 1 aliphatic heterocycles. The molecular formula is C13H27NOS2. The zero-order valence-electron chi connectivity index (χ0n) is 11.5. The van der Waals surface area contributed by atoms with Crippen molar-refractivity contribution in [2.45, 2.75) is 33.6 Å². The molecule has 0 amide bonds. The molecule has 0 aromatic heterocycles. The maximum atomic E-state index is 5.34. The molecule has 1 saturated heterocycles. The van der Waals surface area contributed by atoms with Crippen LogP contribution in [0.2, 0.25) is 0 Å². The van der Waals surface area contributed by atoms with Crippen LogP contribution in [0.15, 0.2) is 0 Å². The van der Waals surface area contributed by atoms with Crippen LogP contribution in [-0.2, 0) is 4.74 Å². The van der Waals surface area contributed by atoms with Crippen molar-refractivity contribution >= 4 is 21.6 Å². The number of hydrogen-bond acceptors (Lipinski definition) is 4. The van der Waals surface area contributed by atoms with Gasteiger partial charge in [-0.05, 0) is 18.3 Å². The van der Waals surface area contributed by atoms with E-state index >= 15 is 0 Å². The van der Waals surface area contributed by atoms with Gasteiger partial charge < -0.3 is 4.74 Å². The van der Waals surface area contributed by atoms with Crippen molar-refractivity contribution in [3.05, 3.63) is 0 Å². The molecule has 1 heterocycles. The molecule has 102 valence electrons. The Morgan fingerprint density at radius 2 is 1.71 bits per heavy atom. The highest BCUT2D eigenvalue weighted by Gasteiger charge is 2.10. The third-order valence-corrected chi connectivity index (χ3v) is 5.30. The first-order valence-electron chi connectivity index (χ1n) is 6.62. The lowest BCUT2D eigenvalue weighted by atomic mass is 9.91. The molecule has 0 N–H and O–H groups in total. The van der Waals surface area contributed by atoms with Crippen LogP contribution in [0.25, 0.3) is 0 Å². The predicted molar refractivity (Wildman–Crippen MR) is 80.9 cm³/mol. The Bertz CT molecular complexity index is 188. The number of morpholine rings is 1. The van der Waals surface area contributed by atoms with Crippen LogP contribution in [0.4, 0.5) is 0 Å². The van der Waals surface area contributed by atoms with Gasteiger partial charge in [0.25, 0.3) is 0 Å². The second kappa shape index (κ2) is 8.68. The molecule has 1 rings (SSSR count). The Labute approximate surface area is 115 Å². The van der Waals surface area contributed by atoms with Crippen LogP contribution in [0.3, 0.4) is 0 Å². The quantitative estimate of drug-likeness (QED) is 0.521. The molecule has 2 nitrogen and oxygen atoms in total. The summed E-state index contributed by atoms with van der Waals surface area (Å²) >= 11 is 0. The molecule has 0 aliphatic carbocycles. The highest BCUT2D eigenvalue weighted by molar-refractivity contribution is 8.76. The summed E-state index contributed by atoms with van der Waals surface area (Å²) in [4.78, 5) is 2.51. The minimum absolute atomic E-state index is 0.499. The van der Waals surface area contributed by atoms with Crippen LogP contribution >= 0.6 is 21.6 Å². The summed E-state index contributed by atoms with van der Waals surface area (Å²) in [5, 5.41) is 0. The van der Waals surface area contributed by atoms with Gasteiger partial charge >= 0.3 is 0 Å². The van der Waals surface area contributed by atoms with Crippen LogP contribution in [-0.4, -0.2) is 49.3 Å². The second-order valence-electron chi connectivity index (χ2n) is 5.76. The molecule has 1 aliphatic rings. The van der Waals surface area contributed by atoms with E-state index in [0.717, 1.165) is 26.3 Å². The van der Waals surface area contributed by atoms with E-state index in [1.54, 1.807) is 0 Å². The fourth-order valence-corrected chi connectivity index (χ4v) is 3.89. The summed E-state index contributed by atoms with van der Waals surface area (Å²) in [6.45, 7) is 12.3. The lowest BCUT2D eigenvalue weighted by Crippen LogP contribution is -2.37. The standard InChI is InChI=1S/C13H27NOS2/c1-13(2,3)5-4-11-16-17-12-8-14-6-9-15-10-7-14/h4-12H2,1-3H3. The Balaban J connectivity index is 1.84. The van der Waals surface area contributed by atoms with Crippen molar-refractivity contribution in [2.75, 3.05) is 44.4 Å². The van der Waals surface area contributed by atoms with Gasteiger partial charge in [0.2, 0.25) is 0 Å². The summed E-state index contributed by atoms with van der Waals surface area (Å²) in [7, 11) is 4.07. The zero-order chi connectivity index (χ0) is 12.6. The van der Waals surface area contributed by atoms with Gasteiger partial charge in [-0.15, -0.1) is 0 Å². The maximum absolute atomic E-state index is 5.34. The first-order valence-corrected chi connectivity index (χ1v) is 9.11. The first kappa shape index (κ1) is 15.7. The SMILES string of the molecule is CC(C)(C)CCCSSCCN1CCOCC1. The second-order valence-corrected chi connectivity index (χ2v) is 8.46. The van der Waals surface area contributed by atoms with E-state index in [2.05, 4.69) is 25.7 Å². The van der Waals surface area contributed by atoms with Crippen molar-refractivity contribution < 1.29 is 4.74 Å². The topological polar surface area (TPSA) is 12.5 Å². The number of hydrogen-bond donors (Lipinski definition) is 0. The van der Waals surface area contributed by atoms with Crippen molar-refractivity contribution in [3.63, 3.8) is 0 Å². The predicted octanol–water partition coefficient (Wildman–Crippen LogP) is 3.53. The highest BCUT2D eigenvalue weighted by atomic mass is 33.1. The normalized spacial score (nSPS) is 18.5. The van der Waals surface area contributed by atoms with Gasteiger partial charge in [-0.25, -0.2) is 0 Å². The maximum Gasteiger partial charge on any atom is 0.0594 e. The molecule has 0 bridgehead atoms. The molecule has 0 aromatic rings. The van der Waals surface area contributed by atoms with Gasteiger partial charge in [-0.1, -0.05) is 42.4 Å². The van der Waals surface area contributed by atoms with Gasteiger partial charge in [0.15, 0.2) is 0 Å². The van der Waals surface area contributed by atoms with E-state index in [4.69, 9.17) is 4.74 Å².